The Morgan fingerprint density at radius 1 is 1.04 bits per heavy atom. The Balaban J connectivity index is 2.82. The summed E-state index contributed by atoms with van der Waals surface area (Å²) in [5.74, 6) is -1.63. The summed E-state index contributed by atoms with van der Waals surface area (Å²) in [5, 5.41) is 0. The van der Waals surface area contributed by atoms with Crippen molar-refractivity contribution in [1.82, 2.24) is 0 Å². The molecule has 0 saturated carbocycles. The van der Waals surface area contributed by atoms with Crippen molar-refractivity contribution in [2.45, 2.75) is 58.2 Å². The van der Waals surface area contributed by atoms with Gasteiger partial charge in [0.15, 0.2) is 18.5 Å². The Morgan fingerprint density at radius 3 is 2.21 bits per heavy atom. The van der Waals surface area contributed by atoms with E-state index < -0.39 is 42.5 Å². The number of unbranched alkanes of at least 4 members (excludes halogenated alkanes) is 1. The van der Waals surface area contributed by atoms with Crippen LogP contribution in [-0.2, 0) is 38.1 Å². The fourth-order valence-electron chi connectivity index (χ4n) is 2.24. The molecule has 8 heteroatoms. The van der Waals surface area contributed by atoms with E-state index in [-0.39, 0.29) is 6.61 Å². The minimum Gasteiger partial charge on any atom is -0.463 e. The van der Waals surface area contributed by atoms with Crippen molar-refractivity contribution in [2.24, 2.45) is 0 Å². The summed E-state index contributed by atoms with van der Waals surface area (Å²) in [4.78, 5) is 33.7. The zero-order valence-electron chi connectivity index (χ0n) is 14.2. The lowest BCUT2D eigenvalue weighted by atomic mass is 10.1. The van der Waals surface area contributed by atoms with Gasteiger partial charge in [0.25, 0.3) is 0 Å². The van der Waals surface area contributed by atoms with Crippen LogP contribution in [0.1, 0.15) is 33.6 Å². The van der Waals surface area contributed by atoms with Crippen LogP contribution in [-0.4, -0.2) is 55.7 Å². The van der Waals surface area contributed by atoms with Gasteiger partial charge in [0.1, 0.15) is 12.7 Å². The molecule has 4 atom stereocenters. The predicted molar refractivity (Wildman–Crippen MR) is 81.8 cm³/mol. The quantitative estimate of drug-likeness (QED) is 0.266. The van der Waals surface area contributed by atoms with E-state index in [1.807, 2.05) is 0 Å². The fourth-order valence-corrected chi connectivity index (χ4v) is 2.24. The van der Waals surface area contributed by atoms with Crippen molar-refractivity contribution in [3.05, 3.63) is 12.7 Å². The second kappa shape index (κ2) is 10.0. The monoisotopic (exact) mass is 344 g/mol. The number of esters is 3. The molecule has 0 bridgehead atoms. The van der Waals surface area contributed by atoms with Crippen LogP contribution >= 0.6 is 0 Å². The Kier molecular flexibility index (Phi) is 8.42. The van der Waals surface area contributed by atoms with Crippen LogP contribution in [0.25, 0.3) is 0 Å². The first-order chi connectivity index (χ1) is 11.3. The molecule has 1 aliphatic heterocycles. The maximum absolute atomic E-state index is 11.4. The largest absolute Gasteiger partial charge is 0.463 e. The zero-order chi connectivity index (χ0) is 18.1. The topological polar surface area (TPSA) is 97.4 Å². The summed E-state index contributed by atoms with van der Waals surface area (Å²) in [6.45, 7) is 7.54. The molecule has 24 heavy (non-hydrogen) atoms. The van der Waals surface area contributed by atoms with Gasteiger partial charge in [-0.25, -0.2) is 0 Å². The van der Waals surface area contributed by atoms with Gasteiger partial charge in [-0.3, -0.25) is 14.4 Å². The highest BCUT2D eigenvalue weighted by Gasteiger charge is 2.50. The standard InChI is InChI=1S/C16H24O8/c1-5-6-7-8-20-16-15(23-12(4)19)14(22-11(3)18)13(24-16)9-21-10(2)17/h5,13-16H,1,6-9H2,2-4H3/t13-,14-,15+,16+/m1/s1. The fraction of sp³-hybridized carbons (Fsp3) is 0.688. The van der Waals surface area contributed by atoms with Gasteiger partial charge < -0.3 is 23.7 Å². The van der Waals surface area contributed by atoms with Crippen LogP contribution in [0.15, 0.2) is 12.7 Å². The number of ether oxygens (including phenoxy) is 5. The van der Waals surface area contributed by atoms with Crippen molar-refractivity contribution in [3.8, 4) is 0 Å². The first-order valence-corrected chi connectivity index (χ1v) is 7.71. The third-order valence-electron chi connectivity index (χ3n) is 3.16. The van der Waals surface area contributed by atoms with Crippen LogP contribution in [0.2, 0.25) is 0 Å². The maximum Gasteiger partial charge on any atom is 0.303 e. The smallest absolute Gasteiger partial charge is 0.303 e. The lowest BCUT2D eigenvalue weighted by molar-refractivity contribution is -0.190. The summed E-state index contributed by atoms with van der Waals surface area (Å²) in [5.41, 5.74) is 0. The molecule has 0 aromatic rings. The molecule has 136 valence electrons. The molecule has 1 aliphatic rings. The molecule has 0 aromatic carbocycles. The number of carbonyl (C=O) groups excluding carboxylic acids is 3. The van der Waals surface area contributed by atoms with Crippen molar-refractivity contribution in [1.29, 1.82) is 0 Å². The van der Waals surface area contributed by atoms with Crippen molar-refractivity contribution >= 4 is 17.9 Å². The Morgan fingerprint density at radius 2 is 1.67 bits per heavy atom. The number of hydrogen-bond donors (Lipinski definition) is 0. The van der Waals surface area contributed by atoms with Crippen molar-refractivity contribution < 1.29 is 38.1 Å². The van der Waals surface area contributed by atoms with Crippen LogP contribution in [0.3, 0.4) is 0 Å². The van der Waals surface area contributed by atoms with E-state index in [1.54, 1.807) is 6.08 Å². The summed E-state index contributed by atoms with van der Waals surface area (Å²) in [6.07, 6.45) is -0.327. The molecule has 0 radical (unpaired) electrons. The van der Waals surface area contributed by atoms with Crippen LogP contribution < -0.4 is 0 Å². The SMILES string of the molecule is C=CCCCO[C@H]1O[C@H](COC(C)=O)[C@@H](OC(C)=O)[C@@H]1OC(C)=O. The highest BCUT2D eigenvalue weighted by atomic mass is 16.7. The normalized spacial score (nSPS) is 25.8. The average molecular weight is 344 g/mol. The molecule has 0 N–H and O–H groups in total. The molecule has 8 nitrogen and oxygen atoms in total. The van der Waals surface area contributed by atoms with E-state index in [1.165, 1.54) is 20.8 Å². The maximum atomic E-state index is 11.4. The van der Waals surface area contributed by atoms with Crippen molar-refractivity contribution in [3.63, 3.8) is 0 Å². The molecule has 0 spiro atoms. The van der Waals surface area contributed by atoms with Gasteiger partial charge in [0, 0.05) is 20.8 Å². The van der Waals surface area contributed by atoms with E-state index in [0.717, 1.165) is 6.42 Å². The molecular weight excluding hydrogens is 320 g/mol. The number of hydrogen-bond acceptors (Lipinski definition) is 8. The highest BCUT2D eigenvalue weighted by Crippen LogP contribution is 2.28. The van der Waals surface area contributed by atoms with Crippen LogP contribution in [0, 0.1) is 0 Å². The lowest BCUT2D eigenvalue weighted by Crippen LogP contribution is -2.41. The van der Waals surface area contributed by atoms with E-state index in [2.05, 4.69) is 6.58 Å². The molecule has 1 fully saturated rings. The summed E-state index contributed by atoms with van der Waals surface area (Å²) < 4.78 is 26.5. The molecule has 1 saturated heterocycles. The minimum absolute atomic E-state index is 0.141. The summed E-state index contributed by atoms with van der Waals surface area (Å²) in [7, 11) is 0. The zero-order valence-corrected chi connectivity index (χ0v) is 14.2. The predicted octanol–water partition coefficient (Wildman–Crippen LogP) is 1.12. The molecule has 1 heterocycles. The van der Waals surface area contributed by atoms with Gasteiger partial charge in [-0.2, -0.15) is 0 Å². The van der Waals surface area contributed by atoms with E-state index in [4.69, 9.17) is 23.7 Å². The van der Waals surface area contributed by atoms with Crippen molar-refractivity contribution in [2.75, 3.05) is 13.2 Å². The molecule has 1 rings (SSSR count). The third-order valence-corrected chi connectivity index (χ3v) is 3.16. The molecule has 0 unspecified atom stereocenters. The van der Waals surface area contributed by atoms with Gasteiger partial charge in [0.05, 0.1) is 6.61 Å². The molecular formula is C16H24O8. The molecule has 0 aromatic heterocycles. The van der Waals surface area contributed by atoms with E-state index in [0.29, 0.717) is 13.0 Å². The number of allylic oxidation sites excluding steroid dienone is 1. The summed E-state index contributed by atoms with van der Waals surface area (Å²) in [6, 6.07) is 0. The van der Waals surface area contributed by atoms with Crippen LogP contribution in [0.4, 0.5) is 0 Å². The average Bonchev–Trinajstić information content (AvgIpc) is 2.78. The van der Waals surface area contributed by atoms with E-state index in [9.17, 15) is 14.4 Å². The van der Waals surface area contributed by atoms with E-state index >= 15 is 0 Å². The minimum atomic E-state index is -0.935. The second-order valence-electron chi connectivity index (χ2n) is 5.30. The Hall–Kier alpha value is -1.93. The first-order valence-electron chi connectivity index (χ1n) is 7.71. The first kappa shape index (κ1) is 20.1. The van der Waals surface area contributed by atoms with Gasteiger partial charge in [-0.05, 0) is 12.8 Å². The van der Waals surface area contributed by atoms with Gasteiger partial charge in [0.2, 0.25) is 0 Å². The molecule has 0 aliphatic carbocycles. The highest BCUT2D eigenvalue weighted by molar-refractivity contribution is 5.67. The van der Waals surface area contributed by atoms with Gasteiger partial charge in [-0.1, -0.05) is 6.08 Å². The van der Waals surface area contributed by atoms with Gasteiger partial charge in [-0.15, -0.1) is 6.58 Å². The number of rotatable bonds is 9. The second-order valence-corrected chi connectivity index (χ2v) is 5.30. The lowest BCUT2D eigenvalue weighted by Gasteiger charge is -2.23. The summed E-state index contributed by atoms with van der Waals surface area (Å²) >= 11 is 0. The number of carbonyl (C=O) groups is 3. The third kappa shape index (κ3) is 6.67. The Labute approximate surface area is 141 Å². The Bertz CT molecular complexity index is 461. The van der Waals surface area contributed by atoms with Crippen LogP contribution in [0.5, 0.6) is 0 Å². The molecule has 0 amide bonds. The van der Waals surface area contributed by atoms with Gasteiger partial charge >= 0.3 is 17.9 Å².